The van der Waals surface area contributed by atoms with Gasteiger partial charge in [-0.15, -0.1) is 0 Å². The Morgan fingerprint density at radius 1 is 1.41 bits per heavy atom. The summed E-state index contributed by atoms with van der Waals surface area (Å²) < 4.78 is 0.738. The van der Waals surface area contributed by atoms with Gasteiger partial charge in [-0.2, -0.15) is 0 Å². The van der Waals surface area contributed by atoms with Crippen LogP contribution in [0.25, 0.3) is 0 Å². The lowest BCUT2D eigenvalue weighted by Crippen LogP contribution is -2.40. The SMILES string of the molecule is CN1C(=O)[C@](O)(CC(=O)c2cccnc2)c2cc(Br)ccc21. The summed E-state index contributed by atoms with van der Waals surface area (Å²) in [6.07, 6.45) is 2.67. The molecule has 2 aromatic rings. The molecule has 1 N–H and O–H groups in total. The van der Waals surface area contributed by atoms with E-state index >= 15 is 0 Å². The molecule has 0 radical (unpaired) electrons. The molecule has 1 aliphatic rings. The number of ketones is 1. The average molecular weight is 361 g/mol. The van der Waals surface area contributed by atoms with Crippen LogP contribution in [-0.4, -0.2) is 28.8 Å². The molecule has 0 saturated heterocycles. The summed E-state index contributed by atoms with van der Waals surface area (Å²) >= 11 is 3.33. The topological polar surface area (TPSA) is 70.5 Å². The summed E-state index contributed by atoms with van der Waals surface area (Å²) in [5.74, 6) is -0.831. The molecule has 0 unspecified atom stereocenters. The van der Waals surface area contributed by atoms with Gasteiger partial charge < -0.3 is 10.0 Å². The van der Waals surface area contributed by atoms with Crippen molar-refractivity contribution >= 4 is 33.3 Å². The number of carbonyl (C=O) groups is 2. The molecule has 1 amide bonds. The number of aliphatic hydroxyl groups is 1. The first kappa shape index (κ1) is 14.9. The number of amides is 1. The molecule has 2 heterocycles. The van der Waals surface area contributed by atoms with Gasteiger partial charge in [0.15, 0.2) is 11.4 Å². The van der Waals surface area contributed by atoms with E-state index in [-0.39, 0.29) is 12.2 Å². The lowest BCUT2D eigenvalue weighted by atomic mass is 9.88. The molecule has 3 rings (SSSR count). The van der Waals surface area contributed by atoms with Crippen molar-refractivity contribution in [2.45, 2.75) is 12.0 Å². The fourth-order valence-corrected chi connectivity index (χ4v) is 3.03. The van der Waals surface area contributed by atoms with Gasteiger partial charge in [-0.05, 0) is 30.3 Å². The van der Waals surface area contributed by atoms with Crippen LogP contribution in [0.5, 0.6) is 0 Å². The quantitative estimate of drug-likeness (QED) is 0.852. The lowest BCUT2D eigenvalue weighted by molar-refractivity contribution is -0.135. The minimum absolute atomic E-state index is 0.314. The van der Waals surface area contributed by atoms with Crippen molar-refractivity contribution in [3.05, 3.63) is 58.3 Å². The van der Waals surface area contributed by atoms with Crippen LogP contribution in [0.2, 0.25) is 0 Å². The normalized spacial score (nSPS) is 20.1. The standard InChI is InChI=1S/C16H13BrN2O3/c1-19-13-5-4-11(17)7-12(13)16(22,15(19)21)8-14(20)10-3-2-6-18-9-10/h2-7,9,22H,8H2,1H3/t16-/m0/s1. The van der Waals surface area contributed by atoms with Crippen LogP contribution < -0.4 is 4.90 Å². The number of fused-ring (bicyclic) bond motifs is 1. The predicted molar refractivity (Wildman–Crippen MR) is 84.6 cm³/mol. The predicted octanol–water partition coefficient (Wildman–Crippen LogP) is 2.28. The van der Waals surface area contributed by atoms with E-state index in [1.54, 1.807) is 43.6 Å². The van der Waals surface area contributed by atoms with E-state index in [1.807, 2.05) is 0 Å². The maximum absolute atomic E-state index is 12.5. The molecule has 0 aliphatic carbocycles. The van der Waals surface area contributed by atoms with Gasteiger partial charge >= 0.3 is 0 Å². The van der Waals surface area contributed by atoms with Crippen molar-refractivity contribution in [2.75, 3.05) is 11.9 Å². The number of hydrogen-bond donors (Lipinski definition) is 1. The highest BCUT2D eigenvalue weighted by molar-refractivity contribution is 9.10. The van der Waals surface area contributed by atoms with Crippen LogP contribution in [-0.2, 0) is 10.4 Å². The Bertz CT molecular complexity index is 763. The van der Waals surface area contributed by atoms with Crippen LogP contribution in [0, 0.1) is 0 Å². The van der Waals surface area contributed by atoms with Crippen molar-refractivity contribution in [1.82, 2.24) is 4.98 Å². The summed E-state index contributed by atoms with van der Waals surface area (Å²) in [5.41, 5.74) is -0.433. The third-order valence-corrected chi connectivity index (χ3v) is 4.32. The molecule has 1 aromatic carbocycles. The number of rotatable bonds is 3. The molecule has 1 aromatic heterocycles. The second-order valence-corrected chi connectivity index (χ2v) is 6.14. The number of anilines is 1. The van der Waals surface area contributed by atoms with Crippen LogP contribution in [0.4, 0.5) is 5.69 Å². The molecule has 0 bridgehead atoms. The summed E-state index contributed by atoms with van der Waals surface area (Å²) in [6.45, 7) is 0. The Morgan fingerprint density at radius 2 is 2.18 bits per heavy atom. The molecule has 0 saturated carbocycles. The summed E-state index contributed by atoms with van der Waals surface area (Å²) in [4.78, 5) is 30.1. The van der Waals surface area contributed by atoms with Gasteiger partial charge in [0.2, 0.25) is 0 Å². The van der Waals surface area contributed by atoms with E-state index in [4.69, 9.17) is 0 Å². The van der Waals surface area contributed by atoms with Gasteiger partial charge in [0.1, 0.15) is 0 Å². The van der Waals surface area contributed by atoms with E-state index in [9.17, 15) is 14.7 Å². The van der Waals surface area contributed by atoms with E-state index in [2.05, 4.69) is 20.9 Å². The van der Waals surface area contributed by atoms with Gasteiger partial charge in [0.25, 0.3) is 5.91 Å². The van der Waals surface area contributed by atoms with E-state index in [0.29, 0.717) is 16.8 Å². The number of benzene rings is 1. The summed E-state index contributed by atoms with van der Waals surface area (Å²) in [5, 5.41) is 10.9. The molecule has 1 atom stereocenters. The Kier molecular flexibility index (Phi) is 3.58. The van der Waals surface area contributed by atoms with Crippen molar-refractivity contribution in [1.29, 1.82) is 0 Å². The second kappa shape index (κ2) is 5.30. The number of aromatic nitrogens is 1. The Labute approximate surface area is 135 Å². The highest BCUT2D eigenvalue weighted by atomic mass is 79.9. The molecule has 0 spiro atoms. The molecule has 6 heteroatoms. The fraction of sp³-hybridized carbons (Fsp3) is 0.188. The fourth-order valence-electron chi connectivity index (χ4n) is 2.67. The minimum Gasteiger partial charge on any atom is -0.375 e. The number of likely N-dealkylation sites (N-methyl/N-ethyl adjacent to an activating group) is 1. The van der Waals surface area contributed by atoms with Gasteiger partial charge in [-0.25, -0.2) is 0 Å². The summed E-state index contributed by atoms with van der Waals surface area (Å²) in [7, 11) is 1.58. The third-order valence-electron chi connectivity index (χ3n) is 3.82. The van der Waals surface area contributed by atoms with Crippen LogP contribution >= 0.6 is 15.9 Å². The molecule has 5 nitrogen and oxygen atoms in total. The third kappa shape index (κ3) is 2.24. The zero-order valence-electron chi connectivity index (χ0n) is 11.8. The molecule has 1 aliphatic heterocycles. The van der Waals surface area contributed by atoms with Gasteiger partial charge in [0.05, 0.1) is 12.1 Å². The van der Waals surface area contributed by atoms with Crippen molar-refractivity contribution in [2.24, 2.45) is 0 Å². The highest BCUT2D eigenvalue weighted by Gasteiger charge is 2.49. The van der Waals surface area contributed by atoms with Crippen molar-refractivity contribution in [3.63, 3.8) is 0 Å². The van der Waals surface area contributed by atoms with Gasteiger partial charge in [-0.1, -0.05) is 15.9 Å². The average Bonchev–Trinajstić information content (AvgIpc) is 2.70. The Hall–Kier alpha value is -2.05. The van der Waals surface area contributed by atoms with Gasteiger partial charge in [0, 0.05) is 35.0 Å². The summed E-state index contributed by atoms with van der Waals surface area (Å²) in [6, 6.07) is 8.46. The largest absolute Gasteiger partial charge is 0.375 e. The van der Waals surface area contributed by atoms with Gasteiger partial charge in [-0.3, -0.25) is 14.6 Å². The number of hydrogen-bond acceptors (Lipinski definition) is 4. The molecule has 112 valence electrons. The number of nitrogens with zero attached hydrogens (tertiary/aromatic N) is 2. The number of Topliss-reactive ketones (excluding diaryl/α,β-unsaturated/α-hetero) is 1. The number of pyridine rings is 1. The highest BCUT2D eigenvalue weighted by Crippen LogP contribution is 2.43. The zero-order valence-corrected chi connectivity index (χ0v) is 13.4. The number of halogens is 1. The van der Waals surface area contributed by atoms with E-state index in [1.165, 1.54) is 11.1 Å². The number of carbonyl (C=O) groups excluding carboxylic acids is 2. The monoisotopic (exact) mass is 360 g/mol. The first-order valence-corrected chi connectivity index (χ1v) is 7.46. The molecule has 22 heavy (non-hydrogen) atoms. The Balaban J connectivity index is 2.01. The van der Waals surface area contributed by atoms with Crippen LogP contribution in [0.3, 0.4) is 0 Å². The van der Waals surface area contributed by atoms with Crippen molar-refractivity contribution in [3.8, 4) is 0 Å². The first-order chi connectivity index (χ1) is 10.4. The molecular formula is C16H13BrN2O3. The van der Waals surface area contributed by atoms with Crippen LogP contribution in [0.15, 0.2) is 47.2 Å². The smallest absolute Gasteiger partial charge is 0.263 e. The first-order valence-electron chi connectivity index (χ1n) is 6.67. The molecule has 0 fully saturated rings. The minimum atomic E-state index is -1.85. The van der Waals surface area contributed by atoms with E-state index in [0.717, 1.165) is 4.47 Å². The molecular weight excluding hydrogens is 348 g/mol. The maximum atomic E-state index is 12.5. The maximum Gasteiger partial charge on any atom is 0.263 e. The van der Waals surface area contributed by atoms with Crippen molar-refractivity contribution < 1.29 is 14.7 Å². The Morgan fingerprint density at radius 3 is 2.86 bits per heavy atom. The van der Waals surface area contributed by atoms with E-state index < -0.39 is 11.5 Å². The second-order valence-electron chi connectivity index (χ2n) is 5.23. The lowest BCUT2D eigenvalue weighted by Gasteiger charge is -2.21. The zero-order chi connectivity index (χ0) is 15.9. The van der Waals surface area contributed by atoms with Crippen LogP contribution in [0.1, 0.15) is 22.3 Å².